The zero-order chi connectivity index (χ0) is 46.2. The molecular formula is C52H62ClN3O9S. The summed E-state index contributed by atoms with van der Waals surface area (Å²) >= 11 is 6.48. The molecule has 4 unspecified atom stereocenters. The molecule has 0 aromatic heterocycles. The predicted molar refractivity (Wildman–Crippen MR) is 255 cm³/mol. The maximum Gasteiger partial charge on any atom is 0.335 e. The van der Waals surface area contributed by atoms with Gasteiger partial charge in [0.1, 0.15) is 17.2 Å². The number of aliphatic hydroxyl groups excluding tert-OH is 1. The lowest BCUT2D eigenvalue weighted by atomic mass is 9.65. The van der Waals surface area contributed by atoms with Crippen LogP contribution in [-0.2, 0) is 39.9 Å². The highest BCUT2D eigenvalue weighted by Crippen LogP contribution is 2.48. The molecule has 9 rings (SSSR count). The lowest BCUT2D eigenvalue weighted by Crippen LogP contribution is -2.53. The smallest absolute Gasteiger partial charge is 0.335 e. The molecule has 2 N–H and O–H groups in total. The molecule has 14 heteroatoms. The molecule has 3 aliphatic carbocycles. The molecule has 1 saturated heterocycles. The zero-order valence-corrected chi connectivity index (χ0v) is 39.7. The van der Waals surface area contributed by atoms with Gasteiger partial charge in [-0.05, 0) is 158 Å². The van der Waals surface area contributed by atoms with Gasteiger partial charge < -0.3 is 34.1 Å². The Morgan fingerprint density at radius 1 is 0.939 bits per heavy atom. The Bertz CT molecular complexity index is 2470. The molecular weight excluding hydrogens is 878 g/mol. The molecule has 7 atom stereocenters. The summed E-state index contributed by atoms with van der Waals surface area (Å²) in [4.78, 5) is 14.5. The van der Waals surface area contributed by atoms with Gasteiger partial charge in [-0.1, -0.05) is 48.0 Å². The Labute approximate surface area is 394 Å². The predicted octanol–water partition coefficient (Wildman–Crippen LogP) is 8.68. The average molecular weight is 941 g/mol. The molecule has 5 aliphatic rings. The summed E-state index contributed by atoms with van der Waals surface area (Å²) in [5.41, 5.74) is 5.76. The quantitative estimate of drug-likeness (QED) is 0.0990. The van der Waals surface area contributed by atoms with Crippen molar-refractivity contribution in [3.05, 3.63) is 129 Å². The first kappa shape index (κ1) is 46.5. The van der Waals surface area contributed by atoms with Crippen LogP contribution in [0.4, 0.5) is 5.69 Å². The van der Waals surface area contributed by atoms with E-state index in [-0.39, 0.29) is 54.5 Å². The molecule has 66 heavy (non-hydrogen) atoms. The third kappa shape index (κ3) is 9.57. The number of methoxy groups -OCH3 is 2. The molecule has 2 heterocycles. The number of nitrogens with zero attached hydrogens (tertiary/aromatic N) is 3. The minimum absolute atomic E-state index is 0.00684. The number of anilines is 1. The van der Waals surface area contributed by atoms with Crippen molar-refractivity contribution in [3.63, 3.8) is 0 Å². The van der Waals surface area contributed by atoms with Crippen LogP contribution in [0.2, 0.25) is 5.02 Å². The summed E-state index contributed by atoms with van der Waals surface area (Å²) in [6, 6.07) is 25.9. The van der Waals surface area contributed by atoms with Crippen molar-refractivity contribution >= 4 is 33.5 Å². The second-order valence-electron chi connectivity index (χ2n) is 19.1. The fourth-order valence-corrected chi connectivity index (χ4v) is 13.0. The molecule has 2 aliphatic heterocycles. The van der Waals surface area contributed by atoms with Crippen LogP contribution >= 0.6 is 11.6 Å². The summed E-state index contributed by atoms with van der Waals surface area (Å²) in [6.45, 7) is 4.92. The van der Waals surface area contributed by atoms with Crippen molar-refractivity contribution in [3.8, 4) is 17.2 Å². The Hall–Kier alpha value is -4.63. The van der Waals surface area contributed by atoms with Crippen molar-refractivity contribution in [2.45, 2.75) is 95.0 Å². The number of fused-ring (bicyclic) bond motifs is 3. The second-order valence-corrected chi connectivity index (χ2v) is 21.4. The first-order chi connectivity index (χ1) is 31.8. The van der Waals surface area contributed by atoms with Gasteiger partial charge in [-0.2, -0.15) is 17.0 Å². The highest BCUT2D eigenvalue weighted by atomic mass is 35.5. The van der Waals surface area contributed by atoms with Crippen LogP contribution in [0.1, 0.15) is 84.5 Å². The fraction of sp³-hybridized carbons (Fsp3) is 0.481. The van der Waals surface area contributed by atoms with E-state index in [2.05, 4.69) is 23.1 Å². The standard InChI is InChI=1S/C52H62ClN3O9S/c1-34(56(31-45-7-5-23-64-45)66(60,61)55(28-35-8-15-43(62-2)16-9-35)29-36-10-17-44(63-3)18-11-36)40-24-41(25-40)50(57)46-19-12-39(46)30-54-32-52(22-4-6-37-26-42(53)14-20-47(37)52)33-65-49-21-13-38(51(58)59)27-48(49)54/h8-11,13-18,20-21,24,26-27,34,39-40,45-46,50,57H,4-7,12,19,22-23,25,28-33H2,1-3H3,(H,58,59)/t34?,39-,40?,45?,46+,50?,52-/m0/s1. The number of rotatable bonds is 17. The number of carbonyl (C=O) groups is 1. The number of carboxylic acid groups (broad SMARTS) is 1. The first-order valence-corrected chi connectivity index (χ1v) is 25.2. The first-order valence-electron chi connectivity index (χ1n) is 23.4. The van der Waals surface area contributed by atoms with E-state index >= 15 is 8.42 Å². The highest BCUT2D eigenvalue weighted by molar-refractivity contribution is 7.86. The Morgan fingerprint density at radius 2 is 1.64 bits per heavy atom. The van der Waals surface area contributed by atoms with E-state index < -0.39 is 28.3 Å². The normalized spacial score (nSPS) is 24.6. The molecule has 0 bridgehead atoms. The van der Waals surface area contributed by atoms with Crippen molar-refractivity contribution < 1.29 is 42.4 Å². The minimum atomic E-state index is -4.07. The molecule has 12 nitrogen and oxygen atoms in total. The highest BCUT2D eigenvalue weighted by Gasteiger charge is 2.47. The summed E-state index contributed by atoms with van der Waals surface area (Å²) in [6.07, 6.45) is 8.16. The largest absolute Gasteiger partial charge is 0.497 e. The SMILES string of the molecule is COc1ccc(CN(Cc2ccc(OC)cc2)S(=O)(=O)N(CC2CCCO2)C(C)C2C=C(C(O)[C@@H]3CC[C@H]3CN3C[C@@]4(CCCc5cc(Cl)ccc54)COc4ccc(C(=O)O)cc43)C2)cc1. The lowest BCUT2D eigenvalue weighted by Gasteiger charge is -2.47. The molecule has 1 spiro atoms. The Morgan fingerprint density at radius 3 is 2.24 bits per heavy atom. The van der Waals surface area contributed by atoms with E-state index in [0.29, 0.717) is 55.0 Å². The molecule has 0 radical (unpaired) electrons. The maximum absolute atomic E-state index is 15.2. The molecule has 352 valence electrons. The monoisotopic (exact) mass is 939 g/mol. The van der Waals surface area contributed by atoms with Crippen LogP contribution in [0.15, 0.2) is 96.6 Å². The Balaban J connectivity index is 0.947. The van der Waals surface area contributed by atoms with Gasteiger partial charge in [0, 0.05) is 55.8 Å². The molecule has 4 aromatic rings. The second kappa shape index (κ2) is 19.5. The van der Waals surface area contributed by atoms with Gasteiger partial charge in [0.05, 0.1) is 44.3 Å². The van der Waals surface area contributed by atoms with Crippen LogP contribution in [-0.4, -0.2) is 98.5 Å². The number of carboxylic acids is 1. The van der Waals surface area contributed by atoms with Gasteiger partial charge in [0.2, 0.25) is 0 Å². The summed E-state index contributed by atoms with van der Waals surface area (Å²) < 4.78 is 56.9. The number of halogens is 1. The van der Waals surface area contributed by atoms with Gasteiger partial charge in [0.25, 0.3) is 10.2 Å². The van der Waals surface area contributed by atoms with E-state index in [1.165, 1.54) is 11.1 Å². The Kier molecular flexibility index (Phi) is 13.8. The van der Waals surface area contributed by atoms with Gasteiger partial charge in [-0.15, -0.1) is 0 Å². The van der Waals surface area contributed by atoms with Crippen molar-refractivity contribution in [1.29, 1.82) is 0 Å². The van der Waals surface area contributed by atoms with Crippen LogP contribution < -0.4 is 19.1 Å². The molecule has 1 saturated carbocycles. The summed E-state index contributed by atoms with van der Waals surface area (Å²) in [7, 11) is -0.850. The number of aromatic carboxylic acids is 1. The maximum atomic E-state index is 15.2. The minimum Gasteiger partial charge on any atom is -0.497 e. The molecule has 4 aromatic carbocycles. The summed E-state index contributed by atoms with van der Waals surface area (Å²) in [5.74, 6) is 1.13. The third-order valence-electron chi connectivity index (χ3n) is 15.0. The number of aryl methyl sites for hydroxylation is 1. The van der Waals surface area contributed by atoms with Crippen molar-refractivity contribution in [1.82, 2.24) is 8.61 Å². The number of aliphatic hydroxyl groups is 1. The number of hydrogen-bond donors (Lipinski definition) is 2. The number of benzene rings is 4. The lowest BCUT2D eigenvalue weighted by molar-refractivity contribution is 0.0294. The topological polar surface area (TPSA) is 138 Å². The van der Waals surface area contributed by atoms with Crippen LogP contribution in [0.25, 0.3) is 0 Å². The van der Waals surface area contributed by atoms with Gasteiger partial charge in [0.15, 0.2) is 0 Å². The van der Waals surface area contributed by atoms with Crippen LogP contribution in [0.3, 0.4) is 0 Å². The zero-order valence-electron chi connectivity index (χ0n) is 38.1. The van der Waals surface area contributed by atoms with E-state index in [1.807, 2.05) is 61.5 Å². The van der Waals surface area contributed by atoms with E-state index in [9.17, 15) is 15.0 Å². The third-order valence-corrected chi connectivity index (χ3v) is 17.3. The van der Waals surface area contributed by atoms with Gasteiger partial charge in [-0.25, -0.2) is 4.79 Å². The average Bonchev–Trinajstić information content (AvgIpc) is 3.76. The number of ether oxygens (including phenoxy) is 4. The number of hydrogen-bond acceptors (Lipinski definition) is 9. The van der Waals surface area contributed by atoms with E-state index in [4.69, 9.17) is 30.5 Å². The van der Waals surface area contributed by atoms with Gasteiger partial charge in [-0.3, -0.25) is 0 Å². The van der Waals surface area contributed by atoms with Crippen molar-refractivity contribution in [2.75, 3.05) is 52.0 Å². The van der Waals surface area contributed by atoms with E-state index in [1.54, 1.807) is 41.0 Å². The summed E-state index contributed by atoms with van der Waals surface area (Å²) in [5, 5.41) is 22.8. The van der Waals surface area contributed by atoms with Crippen LogP contribution in [0, 0.1) is 17.8 Å². The van der Waals surface area contributed by atoms with Crippen LogP contribution in [0.5, 0.6) is 17.2 Å². The van der Waals surface area contributed by atoms with E-state index in [0.717, 1.165) is 67.3 Å². The molecule has 2 fully saturated rings. The molecule has 0 amide bonds. The van der Waals surface area contributed by atoms with Crippen molar-refractivity contribution in [2.24, 2.45) is 17.8 Å². The fourth-order valence-electron chi connectivity index (χ4n) is 11.0. The van der Waals surface area contributed by atoms with Gasteiger partial charge >= 0.3 is 5.97 Å².